The monoisotopic (exact) mass is 289 g/mol. The van der Waals surface area contributed by atoms with E-state index in [-0.39, 0.29) is 6.04 Å². The molecule has 20 heavy (non-hydrogen) atoms. The first-order valence-corrected chi connectivity index (χ1v) is 7.44. The Morgan fingerprint density at radius 3 is 2.85 bits per heavy atom. The molecule has 4 heteroatoms. The minimum Gasteiger partial charge on any atom is -0.326 e. The number of hydrogen-bond donors (Lipinski definition) is 1. The van der Waals surface area contributed by atoms with Gasteiger partial charge in [0.25, 0.3) is 0 Å². The second kappa shape index (κ2) is 5.32. The molecule has 3 nitrogen and oxygen atoms in total. The Balaban J connectivity index is 1.88. The molecule has 0 amide bonds. The molecule has 2 unspecified atom stereocenters. The van der Waals surface area contributed by atoms with Gasteiger partial charge in [0.05, 0.1) is 5.52 Å². The largest absolute Gasteiger partial charge is 0.326 e. The molecule has 106 valence electrons. The van der Waals surface area contributed by atoms with Gasteiger partial charge in [0.15, 0.2) is 0 Å². The van der Waals surface area contributed by atoms with Crippen molar-refractivity contribution >= 4 is 22.5 Å². The number of hydrogen-bond acceptors (Lipinski definition) is 3. The molecular formula is C16H20ClN3. The lowest BCUT2D eigenvalue weighted by atomic mass is 10.1. The molecule has 2 atom stereocenters. The van der Waals surface area contributed by atoms with E-state index in [0.29, 0.717) is 11.1 Å². The third-order valence-corrected chi connectivity index (χ3v) is 4.47. The Morgan fingerprint density at radius 2 is 2.15 bits per heavy atom. The summed E-state index contributed by atoms with van der Waals surface area (Å²) in [5, 5.41) is 1.75. The van der Waals surface area contributed by atoms with E-state index < -0.39 is 0 Å². The molecule has 1 fully saturated rings. The highest BCUT2D eigenvalue weighted by Crippen LogP contribution is 2.25. The first-order valence-electron chi connectivity index (χ1n) is 7.06. The first kappa shape index (κ1) is 13.8. The lowest BCUT2D eigenvalue weighted by Crippen LogP contribution is -2.28. The number of aryl methyl sites for hydroxylation is 1. The molecule has 1 aromatic heterocycles. The molecule has 1 aliphatic heterocycles. The van der Waals surface area contributed by atoms with Crippen molar-refractivity contribution in [3.8, 4) is 0 Å². The van der Waals surface area contributed by atoms with Gasteiger partial charge in [0.2, 0.25) is 0 Å². The van der Waals surface area contributed by atoms with Gasteiger partial charge in [0.1, 0.15) is 5.15 Å². The summed E-state index contributed by atoms with van der Waals surface area (Å²) in [6.07, 6.45) is 0. The van der Waals surface area contributed by atoms with Crippen LogP contribution in [0.3, 0.4) is 0 Å². The summed E-state index contributed by atoms with van der Waals surface area (Å²) in [4.78, 5) is 6.88. The molecule has 2 N–H and O–H groups in total. The van der Waals surface area contributed by atoms with Crippen molar-refractivity contribution in [2.75, 3.05) is 13.1 Å². The van der Waals surface area contributed by atoms with E-state index in [4.69, 9.17) is 17.3 Å². The molecule has 1 aromatic carbocycles. The predicted molar refractivity (Wildman–Crippen MR) is 83.9 cm³/mol. The van der Waals surface area contributed by atoms with Crippen LogP contribution in [0.15, 0.2) is 24.3 Å². The highest BCUT2D eigenvalue weighted by Gasteiger charge is 2.26. The van der Waals surface area contributed by atoms with Crippen LogP contribution in [0.25, 0.3) is 10.9 Å². The fourth-order valence-corrected chi connectivity index (χ4v) is 3.08. The number of rotatable bonds is 2. The van der Waals surface area contributed by atoms with Crippen molar-refractivity contribution in [1.82, 2.24) is 9.88 Å². The number of aromatic nitrogens is 1. The van der Waals surface area contributed by atoms with Gasteiger partial charge in [-0.1, -0.05) is 30.7 Å². The van der Waals surface area contributed by atoms with Gasteiger partial charge < -0.3 is 5.73 Å². The second-order valence-electron chi connectivity index (χ2n) is 5.97. The van der Waals surface area contributed by atoms with E-state index in [0.717, 1.165) is 36.1 Å². The SMILES string of the molecule is Cc1ccc2cc(CN3CC(C)C(N)C3)c(Cl)nc2c1. The Kier molecular flexibility index (Phi) is 3.67. The third-order valence-electron chi connectivity index (χ3n) is 4.14. The maximum atomic E-state index is 6.34. The van der Waals surface area contributed by atoms with Gasteiger partial charge in [-0.3, -0.25) is 4.90 Å². The molecule has 0 aliphatic carbocycles. The van der Waals surface area contributed by atoms with Crippen LogP contribution in [0, 0.1) is 12.8 Å². The van der Waals surface area contributed by atoms with E-state index in [1.807, 2.05) is 0 Å². The fraction of sp³-hybridized carbons (Fsp3) is 0.438. The number of nitrogens with two attached hydrogens (primary N) is 1. The summed E-state index contributed by atoms with van der Waals surface area (Å²) in [6, 6.07) is 8.70. The van der Waals surface area contributed by atoms with Gasteiger partial charge in [0, 0.05) is 36.6 Å². The fourth-order valence-electron chi connectivity index (χ4n) is 2.87. The van der Waals surface area contributed by atoms with Crippen LogP contribution >= 0.6 is 11.6 Å². The molecule has 1 aliphatic rings. The molecule has 0 bridgehead atoms. The Bertz CT molecular complexity index is 631. The summed E-state index contributed by atoms with van der Waals surface area (Å²) >= 11 is 6.34. The standard InChI is InChI=1S/C16H20ClN3/c1-10-3-4-12-6-13(16(17)19-15(12)5-10)8-20-7-11(2)14(18)9-20/h3-6,11,14H,7-9,18H2,1-2H3. The minimum absolute atomic E-state index is 0.268. The van der Waals surface area contributed by atoms with Crippen molar-refractivity contribution < 1.29 is 0 Å². The average molecular weight is 290 g/mol. The number of benzene rings is 1. The first-order chi connectivity index (χ1) is 9.52. The summed E-state index contributed by atoms with van der Waals surface area (Å²) in [7, 11) is 0. The molecule has 0 saturated carbocycles. The van der Waals surface area contributed by atoms with Gasteiger partial charge >= 0.3 is 0 Å². The summed E-state index contributed by atoms with van der Waals surface area (Å²) in [5.41, 5.74) is 9.33. The van der Waals surface area contributed by atoms with Crippen LogP contribution in [-0.2, 0) is 6.54 Å². The Morgan fingerprint density at radius 1 is 1.35 bits per heavy atom. The van der Waals surface area contributed by atoms with E-state index in [1.165, 1.54) is 5.56 Å². The molecular weight excluding hydrogens is 270 g/mol. The van der Waals surface area contributed by atoms with Gasteiger partial charge in [-0.2, -0.15) is 0 Å². The van der Waals surface area contributed by atoms with Crippen LogP contribution in [0.5, 0.6) is 0 Å². The van der Waals surface area contributed by atoms with Crippen molar-refractivity contribution in [3.63, 3.8) is 0 Å². The topological polar surface area (TPSA) is 42.1 Å². The second-order valence-corrected chi connectivity index (χ2v) is 6.33. The summed E-state index contributed by atoms with van der Waals surface area (Å²) in [6.45, 7) is 7.06. The van der Waals surface area contributed by atoms with E-state index >= 15 is 0 Å². The van der Waals surface area contributed by atoms with Gasteiger partial charge in [-0.15, -0.1) is 0 Å². The smallest absolute Gasteiger partial charge is 0.134 e. The summed E-state index contributed by atoms with van der Waals surface area (Å²) in [5.74, 6) is 0.546. The van der Waals surface area contributed by atoms with Crippen LogP contribution in [0.2, 0.25) is 5.15 Å². The lowest BCUT2D eigenvalue weighted by molar-refractivity contribution is 0.319. The number of fused-ring (bicyclic) bond motifs is 1. The highest BCUT2D eigenvalue weighted by molar-refractivity contribution is 6.30. The molecule has 0 spiro atoms. The molecule has 1 saturated heterocycles. The van der Waals surface area contributed by atoms with Crippen molar-refractivity contribution in [2.45, 2.75) is 26.4 Å². The zero-order chi connectivity index (χ0) is 14.3. The van der Waals surface area contributed by atoms with Crippen LogP contribution in [0.4, 0.5) is 0 Å². The van der Waals surface area contributed by atoms with Gasteiger partial charge in [-0.05, 0) is 30.5 Å². The third kappa shape index (κ3) is 2.66. The molecule has 2 heterocycles. The zero-order valence-electron chi connectivity index (χ0n) is 11.9. The van der Waals surface area contributed by atoms with Crippen LogP contribution in [0.1, 0.15) is 18.1 Å². The van der Waals surface area contributed by atoms with Crippen molar-refractivity contribution in [2.24, 2.45) is 11.7 Å². The maximum absolute atomic E-state index is 6.34. The van der Waals surface area contributed by atoms with E-state index in [1.54, 1.807) is 0 Å². The average Bonchev–Trinajstić information content (AvgIpc) is 2.69. The molecule has 2 aromatic rings. The highest BCUT2D eigenvalue weighted by atomic mass is 35.5. The molecule has 0 radical (unpaired) electrons. The summed E-state index contributed by atoms with van der Waals surface area (Å²) < 4.78 is 0. The Labute approximate surface area is 124 Å². The number of likely N-dealkylation sites (tertiary alicyclic amines) is 1. The quantitative estimate of drug-likeness (QED) is 0.864. The van der Waals surface area contributed by atoms with Crippen molar-refractivity contribution in [3.05, 3.63) is 40.5 Å². The zero-order valence-corrected chi connectivity index (χ0v) is 12.7. The van der Waals surface area contributed by atoms with Crippen LogP contribution in [-0.4, -0.2) is 29.0 Å². The normalized spacial score (nSPS) is 23.6. The number of halogens is 1. The minimum atomic E-state index is 0.268. The number of nitrogens with zero attached hydrogens (tertiary/aromatic N) is 2. The Hall–Kier alpha value is -1.16. The van der Waals surface area contributed by atoms with Gasteiger partial charge in [-0.25, -0.2) is 4.98 Å². The maximum Gasteiger partial charge on any atom is 0.134 e. The van der Waals surface area contributed by atoms with E-state index in [9.17, 15) is 0 Å². The number of pyridine rings is 1. The predicted octanol–water partition coefficient (Wildman–Crippen LogP) is 2.98. The van der Waals surface area contributed by atoms with Crippen LogP contribution < -0.4 is 5.73 Å². The van der Waals surface area contributed by atoms with E-state index in [2.05, 4.69) is 48.0 Å². The lowest BCUT2D eigenvalue weighted by Gasteiger charge is -2.16. The van der Waals surface area contributed by atoms with Crippen molar-refractivity contribution in [1.29, 1.82) is 0 Å². The molecule has 3 rings (SSSR count).